The number of nitrogens with zero attached hydrogens (tertiary/aromatic N) is 2. The highest BCUT2D eigenvalue weighted by Crippen LogP contribution is 2.31. The highest BCUT2D eigenvalue weighted by Gasteiger charge is 2.29. The SMILES string of the molecule is O=C(O)c1[nH]cnc1C(=O)N1CCOc2ccccc21. The van der Waals surface area contributed by atoms with Gasteiger partial charge in [-0.3, -0.25) is 4.79 Å². The molecular formula is C13H11N3O4. The van der Waals surface area contributed by atoms with Crippen LogP contribution in [0.15, 0.2) is 30.6 Å². The van der Waals surface area contributed by atoms with E-state index in [0.717, 1.165) is 0 Å². The minimum absolute atomic E-state index is 0.103. The van der Waals surface area contributed by atoms with Gasteiger partial charge in [0.1, 0.15) is 12.4 Å². The standard InChI is InChI=1S/C13H11N3O4/c17-12(10-11(13(18)19)15-7-14-10)16-5-6-20-9-4-2-1-3-8(9)16/h1-4,7H,5-6H2,(H,14,15)(H,18,19). The highest BCUT2D eigenvalue weighted by atomic mass is 16.5. The van der Waals surface area contributed by atoms with E-state index in [0.29, 0.717) is 24.6 Å². The first-order valence-electron chi connectivity index (χ1n) is 5.99. The molecule has 1 aliphatic heterocycles. The molecule has 0 saturated heterocycles. The number of fused-ring (bicyclic) bond motifs is 1. The number of anilines is 1. The number of carbonyl (C=O) groups is 2. The van der Waals surface area contributed by atoms with Gasteiger partial charge in [0.15, 0.2) is 11.4 Å². The molecule has 2 N–H and O–H groups in total. The van der Waals surface area contributed by atoms with Crippen LogP contribution >= 0.6 is 0 Å². The van der Waals surface area contributed by atoms with E-state index in [2.05, 4.69) is 9.97 Å². The zero-order valence-corrected chi connectivity index (χ0v) is 10.4. The molecule has 1 amide bonds. The molecule has 0 atom stereocenters. The summed E-state index contributed by atoms with van der Waals surface area (Å²) in [4.78, 5) is 31.3. The number of para-hydroxylation sites is 2. The summed E-state index contributed by atoms with van der Waals surface area (Å²) in [6, 6.07) is 7.11. The summed E-state index contributed by atoms with van der Waals surface area (Å²) in [5.74, 6) is -1.08. The fraction of sp³-hybridized carbons (Fsp3) is 0.154. The predicted octanol–water partition coefficient (Wildman–Crippen LogP) is 1.15. The van der Waals surface area contributed by atoms with Crippen LogP contribution < -0.4 is 9.64 Å². The highest BCUT2D eigenvalue weighted by molar-refractivity contribution is 6.10. The zero-order chi connectivity index (χ0) is 14.1. The summed E-state index contributed by atoms with van der Waals surface area (Å²) < 4.78 is 5.46. The molecule has 102 valence electrons. The van der Waals surface area contributed by atoms with Crippen LogP contribution in [0.1, 0.15) is 21.0 Å². The molecule has 0 aliphatic carbocycles. The third-order valence-corrected chi connectivity index (χ3v) is 3.03. The average molecular weight is 273 g/mol. The number of amides is 1. The number of H-pyrrole nitrogens is 1. The molecule has 2 heterocycles. The summed E-state index contributed by atoms with van der Waals surface area (Å²) in [6.45, 7) is 0.706. The molecule has 7 nitrogen and oxygen atoms in total. The first-order chi connectivity index (χ1) is 9.68. The molecule has 0 bridgehead atoms. The molecule has 7 heteroatoms. The number of hydrogen-bond acceptors (Lipinski definition) is 4. The average Bonchev–Trinajstić information content (AvgIpc) is 2.95. The molecule has 1 aliphatic rings. The zero-order valence-electron chi connectivity index (χ0n) is 10.4. The van der Waals surface area contributed by atoms with Gasteiger partial charge in [0, 0.05) is 0 Å². The van der Waals surface area contributed by atoms with Crippen molar-refractivity contribution in [3.05, 3.63) is 42.0 Å². The Hall–Kier alpha value is -2.83. The number of nitrogens with one attached hydrogen (secondary N) is 1. The number of rotatable bonds is 2. The van der Waals surface area contributed by atoms with Crippen LogP contribution in [0.4, 0.5) is 5.69 Å². The normalized spacial score (nSPS) is 13.5. The van der Waals surface area contributed by atoms with E-state index in [4.69, 9.17) is 9.84 Å². The Morgan fingerprint density at radius 1 is 1.35 bits per heavy atom. The second kappa shape index (κ2) is 4.69. The lowest BCUT2D eigenvalue weighted by Crippen LogP contribution is -2.38. The summed E-state index contributed by atoms with van der Waals surface area (Å²) in [7, 11) is 0. The second-order valence-corrected chi connectivity index (χ2v) is 4.20. The van der Waals surface area contributed by atoms with Gasteiger partial charge in [0.2, 0.25) is 0 Å². The van der Waals surface area contributed by atoms with Crippen LogP contribution in [-0.2, 0) is 0 Å². The van der Waals surface area contributed by atoms with Crippen molar-refractivity contribution in [2.75, 3.05) is 18.1 Å². The second-order valence-electron chi connectivity index (χ2n) is 4.20. The maximum Gasteiger partial charge on any atom is 0.354 e. The van der Waals surface area contributed by atoms with E-state index in [1.54, 1.807) is 18.2 Å². The van der Waals surface area contributed by atoms with Crippen molar-refractivity contribution in [3.8, 4) is 5.75 Å². The van der Waals surface area contributed by atoms with Crippen LogP contribution in [0.25, 0.3) is 0 Å². The van der Waals surface area contributed by atoms with Gasteiger partial charge >= 0.3 is 5.97 Å². The number of aromatic carboxylic acids is 1. The van der Waals surface area contributed by atoms with Gasteiger partial charge in [0.25, 0.3) is 5.91 Å². The van der Waals surface area contributed by atoms with E-state index in [-0.39, 0.29) is 11.4 Å². The van der Waals surface area contributed by atoms with Crippen molar-refractivity contribution in [1.82, 2.24) is 9.97 Å². The molecule has 0 spiro atoms. The smallest absolute Gasteiger partial charge is 0.354 e. The minimum atomic E-state index is -1.22. The molecular weight excluding hydrogens is 262 g/mol. The van der Waals surface area contributed by atoms with Crippen LogP contribution in [0.2, 0.25) is 0 Å². The summed E-state index contributed by atoms with van der Waals surface area (Å²) >= 11 is 0. The Morgan fingerprint density at radius 2 is 2.15 bits per heavy atom. The van der Waals surface area contributed by atoms with Gasteiger partial charge in [0.05, 0.1) is 18.6 Å². The number of hydrogen-bond donors (Lipinski definition) is 2. The number of ether oxygens (including phenoxy) is 1. The van der Waals surface area contributed by atoms with E-state index in [1.165, 1.54) is 11.2 Å². The van der Waals surface area contributed by atoms with Crippen molar-refractivity contribution >= 4 is 17.6 Å². The minimum Gasteiger partial charge on any atom is -0.490 e. The fourth-order valence-corrected chi connectivity index (χ4v) is 2.13. The maximum absolute atomic E-state index is 12.5. The van der Waals surface area contributed by atoms with Gasteiger partial charge in [-0.05, 0) is 12.1 Å². The Balaban J connectivity index is 2.00. The van der Waals surface area contributed by atoms with Crippen LogP contribution in [-0.4, -0.2) is 40.1 Å². The molecule has 0 radical (unpaired) electrons. The lowest BCUT2D eigenvalue weighted by Gasteiger charge is -2.28. The molecule has 3 rings (SSSR count). The van der Waals surface area contributed by atoms with E-state index >= 15 is 0 Å². The van der Waals surface area contributed by atoms with E-state index in [9.17, 15) is 9.59 Å². The monoisotopic (exact) mass is 273 g/mol. The van der Waals surface area contributed by atoms with Crippen LogP contribution in [0.3, 0.4) is 0 Å². The van der Waals surface area contributed by atoms with Gasteiger partial charge < -0.3 is 19.7 Å². The Labute approximate surface area is 113 Å². The first kappa shape index (κ1) is 12.2. The molecule has 1 aromatic carbocycles. The third-order valence-electron chi connectivity index (χ3n) is 3.03. The first-order valence-corrected chi connectivity index (χ1v) is 5.99. The lowest BCUT2D eigenvalue weighted by atomic mass is 10.2. The number of carboxylic acids is 1. The van der Waals surface area contributed by atoms with Gasteiger partial charge in [-0.2, -0.15) is 0 Å². The quantitative estimate of drug-likeness (QED) is 0.855. The Morgan fingerprint density at radius 3 is 2.95 bits per heavy atom. The summed E-state index contributed by atoms with van der Waals surface area (Å²) in [6.07, 6.45) is 1.20. The van der Waals surface area contributed by atoms with Crippen LogP contribution in [0, 0.1) is 0 Å². The molecule has 0 saturated carbocycles. The molecule has 2 aromatic rings. The lowest BCUT2D eigenvalue weighted by molar-refractivity contribution is 0.0686. The fourth-order valence-electron chi connectivity index (χ4n) is 2.13. The van der Waals surface area contributed by atoms with Crippen molar-refractivity contribution in [1.29, 1.82) is 0 Å². The van der Waals surface area contributed by atoms with Gasteiger partial charge in [-0.1, -0.05) is 12.1 Å². The van der Waals surface area contributed by atoms with E-state index in [1.807, 2.05) is 6.07 Å². The molecule has 0 unspecified atom stereocenters. The van der Waals surface area contributed by atoms with E-state index < -0.39 is 11.9 Å². The number of aromatic nitrogens is 2. The van der Waals surface area contributed by atoms with Crippen molar-refractivity contribution in [2.24, 2.45) is 0 Å². The predicted molar refractivity (Wildman–Crippen MR) is 69.2 cm³/mol. The Bertz CT molecular complexity index is 680. The van der Waals surface area contributed by atoms with Crippen molar-refractivity contribution in [3.63, 3.8) is 0 Å². The maximum atomic E-state index is 12.5. The largest absolute Gasteiger partial charge is 0.490 e. The number of carbonyl (C=O) groups excluding carboxylic acids is 1. The molecule has 1 aromatic heterocycles. The topological polar surface area (TPSA) is 95.5 Å². The summed E-state index contributed by atoms with van der Waals surface area (Å²) in [5, 5.41) is 9.03. The number of benzene rings is 1. The number of aromatic amines is 1. The third kappa shape index (κ3) is 1.89. The number of carboxylic acid groups (broad SMARTS) is 1. The number of imidazole rings is 1. The molecule has 20 heavy (non-hydrogen) atoms. The molecule has 0 fully saturated rings. The van der Waals surface area contributed by atoms with Crippen molar-refractivity contribution in [2.45, 2.75) is 0 Å². The van der Waals surface area contributed by atoms with Crippen LogP contribution in [0.5, 0.6) is 5.75 Å². The van der Waals surface area contributed by atoms with Crippen molar-refractivity contribution < 1.29 is 19.4 Å². The Kier molecular flexibility index (Phi) is 2.86. The summed E-state index contributed by atoms with van der Waals surface area (Å²) in [5.41, 5.74) is 0.302. The van der Waals surface area contributed by atoms with Gasteiger partial charge in [-0.25, -0.2) is 9.78 Å². The van der Waals surface area contributed by atoms with Gasteiger partial charge in [-0.15, -0.1) is 0 Å².